The maximum absolute atomic E-state index is 12.1. The van der Waals surface area contributed by atoms with Crippen molar-refractivity contribution in [1.29, 1.82) is 0 Å². The maximum Gasteiger partial charge on any atom is 0.333 e. The minimum absolute atomic E-state index is 0.120. The molecule has 1 atom stereocenters. The normalized spacial score (nSPS) is 12.1. The third-order valence-electron chi connectivity index (χ3n) is 3.03. The quantitative estimate of drug-likeness (QED) is 0.846. The van der Waals surface area contributed by atoms with Gasteiger partial charge in [-0.3, -0.25) is 4.79 Å². The molecule has 23 heavy (non-hydrogen) atoms. The van der Waals surface area contributed by atoms with Crippen molar-refractivity contribution in [1.82, 2.24) is 4.73 Å². The number of aromatic nitrogens is 1. The summed E-state index contributed by atoms with van der Waals surface area (Å²) in [6, 6.07) is 11.9. The molecule has 1 aromatic carbocycles. The highest BCUT2D eigenvalue weighted by Gasteiger charge is 2.20. The zero-order valence-electron chi connectivity index (χ0n) is 13.0. The Labute approximate surface area is 133 Å². The fraction of sp³-hybridized carbons (Fsp3) is 0.294. The second-order valence-corrected chi connectivity index (χ2v) is 5.32. The van der Waals surface area contributed by atoms with E-state index in [4.69, 9.17) is 14.7 Å². The largest absolute Gasteiger partial charge is 0.479 e. The zero-order chi connectivity index (χ0) is 16.8. The predicted octanol–water partition coefficient (Wildman–Crippen LogP) is 2.11. The number of pyridine rings is 1. The summed E-state index contributed by atoms with van der Waals surface area (Å²) < 4.78 is 6.44. The van der Waals surface area contributed by atoms with Gasteiger partial charge in [-0.1, -0.05) is 18.2 Å². The predicted molar refractivity (Wildman–Crippen MR) is 84.5 cm³/mol. The standard InChI is InChI=1S/C17H19NO5/c1-12(2)22-15(17(20)21)10-13-8-9-18(16(19)11-13)23-14-6-4-3-5-7-14/h3-9,11-12,15H,10H2,1-2H3,(H,20,21). The van der Waals surface area contributed by atoms with Crippen LogP contribution in [-0.2, 0) is 16.0 Å². The van der Waals surface area contributed by atoms with Crippen molar-refractivity contribution < 1.29 is 19.5 Å². The van der Waals surface area contributed by atoms with Gasteiger partial charge >= 0.3 is 5.97 Å². The van der Waals surface area contributed by atoms with Crippen LogP contribution in [0.2, 0.25) is 0 Å². The number of hydrogen-bond donors (Lipinski definition) is 1. The lowest BCUT2D eigenvalue weighted by Gasteiger charge is -2.16. The summed E-state index contributed by atoms with van der Waals surface area (Å²) in [5.74, 6) is -0.516. The number of carbonyl (C=O) groups is 1. The molecule has 1 aromatic heterocycles. The molecule has 0 radical (unpaired) electrons. The summed E-state index contributed by atoms with van der Waals surface area (Å²) in [6.07, 6.45) is 0.395. The number of benzene rings is 1. The molecule has 0 fully saturated rings. The number of nitrogens with zero attached hydrogens (tertiary/aromatic N) is 1. The van der Waals surface area contributed by atoms with Crippen LogP contribution in [0.5, 0.6) is 5.75 Å². The van der Waals surface area contributed by atoms with Crippen LogP contribution in [0.3, 0.4) is 0 Å². The van der Waals surface area contributed by atoms with E-state index in [-0.39, 0.29) is 18.1 Å². The number of ether oxygens (including phenoxy) is 1. The van der Waals surface area contributed by atoms with Crippen LogP contribution >= 0.6 is 0 Å². The van der Waals surface area contributed by atoms with E-state index in [1.807, 2.05) is 6.07 Å². The van der Waals surface area contributed by atoms with Crippen molar-refractivity contribution in [2.24, 2.45) is 0 Å². The highest BCUT2D eigenvalue weighted by Crippen LogP contribution is 2.10. The highest BCUT2D eigenvalue weighted by atomic mass is 16.7. The molecule has 0 aliphatic rings. The van der Waals surface area contributed by atoms with E-state index in [1.54, 1.807) is 44.2 Å². The smallest absolute Gasteiger partial charge is 0.333 e. The van der Waals surface area contributed by atoms with Crippen molar-refractivity contribution in [2.75, 3.05) is 0 Å². The number of carboxylic acids is 1. The number of carboxylic acid groups (broad SMARTS) is 1. The molecule has 2 rings (SSSR count). The molecule has 6 heteroatoms. The maximum atomic E-state index is 12.1. The summed E-state index contributed by atoms with van der Waals surface area (Å²) >= 11 is 0. The Morgan fingerprint density at radius 3 is 2.48 bits per heavy atom. The molecule has 0 spiro atoms. The van der Waals surface area contributed by atoms with Crippen LogP contribution in [0.15, 0.2) is 53.5 Å². The summed E-state index contributed by atoms with van der Waals surface area (Å²) in [4.78, 5) is 28.7. The van der Waals surface area contributed by atoms with E-state index < -0.39 is 12.1 Å². The molecule has 6 nitrogen and oxygen atoms in total. The van der Waals surface area contributed by atoms with E-state index in [1.165, 1.54) is 12.3 Å². The molecular weight excluding hydrogens is 298 g/mol. The number of para-hydroxylation sites is 1. The van der Waals surface area contributed by atoms with Gasteiger partial charge in [0.1, 0.15) is 0 Å². The second kappa shape index (κ2) is 7.60. The minimum atomic E-state index is -1.05. The van der Waals surface area contributed by atoms with Crippen molar-refractivity contribution in [3.63, 3.8) is 0 Å². The van der Waals surface area contributed by atoms with Gasteiger partial charge < -0.3 is 14.7 Å². The first kappa shape index (κ1) is 16.8. The molecule has 1 heterocycles. The SMILES string of the molecule is CC(C)OC(Cc1ccn(Oc2ccccc2)c(=O)c1)C(=O)O. The average molecular weight is 317 g/mol. The van der Waals surface area contributed by atoms with Crippen molar-refractivity contribution in [3.05, 3.63) is 64.6 Å². The van der Waals surface area contributed by atoms with E-state index in [2.05, 4.69) is 0 Å². The third kappa shape index (κ3) is 4.96. The fourth-order valence-electron chi connectivity index (χ4n) is 2.04. The lowest BCUT2D eigenvalue weighted by Crippen LogP contribution is -2.30. The van der Waals surface area contributed by atoms with Gasteiger partial charge in [0.05, 0.1) is 6.10 Å². The molecule has 0 aliphatic carbocycles. The van der Waals surface area contributed by atoms with Gasteiger partial charge in [0.25, 0.3) is 5.56 Å². The summed E-state index contributed by atoms with van der Waals surface area (Å²) in [7, 11) is 0. The zero-order valence-corrected chi connectivity index (χ0v) is 13.0. The molecule has 2 aromatic rings. The Kier molecular flexibility index (Phi) is 5.54. The van der Waals surface area contributed by atoms with Gasteiger partial charge in [-0.2, -0.15) is 0 Å². The Bertz CT molecular complexity index is 708. The van der Waals surface area contributed by atoms with Gasteiger partial charge in [-0.15, -0.1) is 4.73 Å². The number of aliphatic carboxylic acids is 1. The summed E-state index contributed by atoms with van der Waals surface area (Å²) in [5, 5.41) is 9.17. The van der Waals surface area contributed by atoms with E-state index in [9.17, 15) is 9.59 Å². The molecule has 1 N–H and O–H groups in total. The molecular formula is C17H19NO5. The summed E-state index contributed by atoms with van der Waals surface area (Å²) in [6.45, 7) is 3.53. The highest BCUT2D eigenvalue weighted by molar-refractivity contribution is 5.72. The Morgan fingerprint density at radius 1 is 1.22 bits per heavy atom. The third-order valence-corrected chi connectivity index (χ3v) is 3.03. The topological polar surface area (TPSA) is 77.8 Å². The monoisotopic (exact) mass is 317 g/mol. The first-order valence-corrected chi connectivity index (χ1v) is 7.29. The fourth-order valence-corrected chi connectivity index (χ4v) is 2.04. The lowest BCUT2D eigenvalue weighted by molar-refractivity contribution is -0.153. The van der Waals surface area contributed by atoms with Gasteiger partial charge in [-0.25, -0.2) is 4.79 Å². The molecule has 122 valence electrons. The van der Waals surface area contributed by atoms with E-state index in [0.717, 1.165) is 4.73 Å². The van der Waals surface area contributed by atoms with Crippen LogP contribution in [0.1, 0.15) is 19.4 Å². The van der Waals surface area contributed by atoms with Crippen LogP contribution in [-0.4, -0.2) is 28.0 Å². The molecule has 0 aliphatic heterocycles. The molecule has 0 amide bonds. The van der Waals surface area contributed by atoms with Crippen LogP contribution in [0.4, 0.5) is 0 Å². The van der Waals surface area contributed by atoms with Crippen LogP contribution in [0.25, 0.3) is 0 Å². The Morgan fingerprint density at radius 2 is 1.91 bits per heavy atom. The van der Waals surface area contributed by atoms with E-state index >= 15 is 0 Å². The first-order chi connectivity index (χ1) is 11.0. The Balaban J connectivity index is 2.12. The van der Waals surface area contributed by atoms with Crippen molar-refractivity contribution in [2.45, 2.75) is 32.5 Å². The molecule has 0 saturated heterocycles. The van der Waals surface area contributed by atoms with Crippen LogP contribution < -0.4 is 10.4 Å². The average Bonchev–Trinajstić information content (AvgIpc) is 2.50. The molecule has 0 saturated carbocycles. The van der Waals surface area contributed by atoms with Gasteiger partial charge in [0, 0.05) is 18.7 Å². The molecule has 1 unspecified atom stereocenters. The van der Waals surface area contributed by atoms with Crippen molar-refractivity contribution in [3.8, 4) is 5.75 Å². The number of rotatable bonds is 7. The Hall–Kier alpha value is -2.60. The first-order valence-electron chi connectivity index (χ1n) is 7.29. The summed E-state index contributed by atoms with van der Waals surface area (Å²) in [5.41, 5.74) is 0.205. The second-order valence-electron chi connectivity index (χ2n) is 5.32. The van der Waals surface area contributed by atoms with Gasteiger partial charge in [0.2, 0.25) is 0 Å². The van der Waals surface area contributed by atoms with Gasteiger partial charge in [-0.05, 0) is 37.6 Å². The number of hydrogen-bond acceptors (Lipinski definition) is 4. The lowest BCUT2D eigenvalue weighted by atomic mass is 10.1. The minimum Gasteiger partial charge on any atom is -0.479 e. The van der Waals surface area contributed by atoms with Crippen molar-refractivity contribution >= 4 is 5.97 Å². The van der Waals surface area contributed by atoms with Gasteiger partial charge in [0.15, 0.2) is 11.9 Å². The van der Waals surface area contributed by atoms with E-state index in [0.29, 0.717) is 11.3 Å². The van der Waals surface area contributed by atoms with Crippen LogP contribution in [0, 0.1) is 0 Å². The molecule has 0 bridgehead atoms.